The number of benzene rings is 1. The van der Waals surface area contributed by atoms with Gasteiger partial charge in [0.05, 0.1) is 5.56 Å². The van der Waals surface area contributed by atoms with Crippen LogP contribution in [0.25, 0.3) is 0 Å². The Morgan fingerprint density at radius 1 is 1.10 bits per heavy atom. The average molecular weight is 407 g/mol. The van der Waals surface area contributed by atoms with Gasteiger partial charge in [-0.25, -0.2) is 0 Å². The Morgan fingerprint density at radius 2 is 1.79 bits per heavy atom. The number of carbonyl (C=O) groups is 1. The van der Waals surface area contributed by atoms with E-state index in [1.54, 1.807) is 6.07 Å². The van der Waals surface area contributed by atoms with Gasteiger partial charge in [0, 0.05) is 31.2 Å². The van der Waals surface area contributed by atoms with E-state index < -0.39 is 11.7 Å². The van der Waals surface area contributed by atoms with Crippen LogP contribution < -0.4 is 15.5 Å². The Labute approximate surface area is 167 Å². The molecule has 9 heteroatoms. The summed E-state index contributed by atoms with van der Waals surface area (Å²) in [5.41, 5.74) is -0.199. The third kappa shape index (κ3) is 5.58. The molecule has 1 aromatic heterocycles. The van der Waals surface area contributed by atoms with E-state index in [0.29, 0.717) is 18.1 Å². The van der Waals surface area contributed by atoms with Gasteiger partial charge in [-0.2, -0.15) is 13.2 Å². The molecule has 0 unspecified atom stereocenters. The van der Waals surface area contributed by atoms with Crippen LogP contribution in [0.5, 0.6) is 0 Å². The van der Waals surface area contributed by atoms with Crippen LogP contribution in [0.2, 0.25) is 0 Å². The standard InChI is InChI=1S/C20H24F3N5O/c1-2-11-24-19(29)14-9-12-28(13-10-14)18-8-7-17(26-27-18)25-16-5-3-15(4-6-16)20(21,22)23/h3-8,14H,2,9-13H2,1H3,(H,24,29)(H,25,26). The molecule has 0 radical (unpaired) electrons. The predicted octanol–water partition coefficient (Wildman–Crippen LogP) is 3.98. The number of rotatable bonds is 6. The van der Waals surface area contributed by atoms with Crippen LogP contribution >= 0.6 is 0 Å². The molecule has 1 aliphatic rings. The van der Waals surface area contributed by atoms with E-state index in [9.17, 15) is 18.0 Å². The maximum atomic E-state index is 12.6. The Morgan fingerprint density at radius 3 is 2.34 bits per heavy atom. The molecule has 0 atom stereocenters. The molecule has 1 saturated heterocycles. The second kappa shape index (κ2) is 9.11. The van der Waals surface area contributed by atoms with Crippen LogP contribution in [0.15, 0.2) is 36.4 Å². The molecule has 2 N–H and O–H groups in total. The lowest BCUT2D eigenvalue weighted by Gasteiger charge is -2.31. The van der Waals surface area contributed by atoms with Crippen molar-refractivity contribution in [2.45, 2.75) is 32.4 Å². The Balaban J connectivity index is 1.54. The molecule has 1 aromatic carbocycles. The predicted molar refractivity (Wildman–Crippen MR) is 105 cm³/mol. The molecular weight excluding hydrogens is 383 g/mol. The molecule has 1 aliphatic heterocycles. The largest absolute Gasteiger partial charge is 0.416 e. The number of amides is 1. The highest BCUT2D eigenvalue weighted by Gasteiger charge is 2.30. The van der Waals surface area contributed by atoms with Gasteiger partial charge in [0.1, 0.15) is 0 Å². The summed E-state index contributed by atoms with van der Waals surface area (Å²) in [7, 11) is 0. The normalized spacial score (nSPS) is 15.2. The second-order valence-electron chi connectivity index (χ2n) is 7.03. The van der Waals surface area contributed by atoms with E-state index in [-0.39, 0.29) is 11.8 Å². The highest BCUT2D eigenvalue weighted by molar-refractivity contribution is 5.78. The van der Waals surface area contributed by atoms with Crippen LogP contribution in [0.3, 0.4) is 0 Å². The van der Waals surface area contributed by atoms with Crippen LogP contribution in [0.4, 0.5) is 30.5 Å². The minimum absolute atomic E-state index is 0.0337. The van der Waals surface area contributed by atoms with Gasteiger partial charge in [-0.15, -0.1) is 10.2 Å². The van der Waals surface area contributed by atoms with Gasteiger partial charge in [-0.3, -0.25) is 4.79 Å². The highest BCUT2D eigenvalue weighted by atomic mass is 19.4. The van der Waals surface area contributed by atoms with Crippen molar-refractivity contribution in [2.24, 2.45) is 5.92 Å². The fraction of sp³-hybridized carbons (Fsp3) is 0.450. The zero-order chi connectivity index (χ0) is 20.9. The second-order valence-corrected chi connectivity index (χ2v) is 7.03. The maximum absolute atomic E-state index is 12.6. The number of alkyl halides is 3. The van der Waals surface area contributed by atoms with Crippen LogP contribution in [-0.2, 0) is 11.0 Å². The first kappa shape index (κ1) is 20.9. The van der Waals surface area contributed by atoms with E-state index in [0.717, 1.165) is 50.3 Å². The summed E-state index contributed by atoms with van der Waals surface area (Å²) in [6.45, 7) is 4.19. The van der Waals surface area contributed by atoms with E-state index in [2.05, 4.69) is 25.7 Å². The monoisotopic (exact) mass is 407 g/mol. The Hall–Kier alpha value is -2.84. The molecule has 6 nitrogen and oxygen atoms in total. The number of aromatic nitrogens is 2. The van der Waals surface area contributed by atoms with Crippen LogP contribution in [0.1, 0.15) is 31.7 Å². The molecule has 2 aromatic rings. The summed E-state index contributed by atoms with van der Waals surface area (Å²) >= 11 is 0. The lowest BCUT2D eigenvalue weighted by atomic mass is 9.96. The molecule has 0 spiro atoms. The molecule has 0 aliphatic carbocycles. The van der Waals surface area contributed by atoms with Crippen LogP contribution in [0, 0.1) is 5.92 Å². The van der Waals surface area contributed by atoms with Gasteiger partial charge in [0.15, 0.2) is 11.6 Å². The molecule has 156 valence electrons. The lowest BCUT2D eigenvalue weighted by molar-refractivity contribution is -0.137. The number of halogens is 3. The van der Waals surface area contributed by atoms with Crippen molar-refractivity contribution < 1.29 is 18.0 Å². The highest BCUT2D eigenvalue weighted by Crippen LogP contribution is 2.30. The average Bonchev–Trinajstić information content (AvgIpc) is 2.72. The van der Waals surface area contributed by atoms with Crippen molar-refractivity contribution in [3.05, 3.63) is 42.0 Å². The summed E-state index contributed by atoms with van der Waals surface area (Å²) in [4.78, 5) is 14.1. The van der Waals surface area contributed by atoms with Crippen molar-refractivity contribution in [3.8, 4) is 0 Å². The number of carbonyl (C=O) groups excluding carboxylic acids is 1. The topological polar surface area (TPSA) is 70.2 Å². The molecule has 0 bridgehead atoms. The van der Waals surface area contributed by atoms with E-state index in [1.165, 1.54) is 12.1 Å². The van der Waals surface area contributed by atoms with Crippen molar-refractivity contribution in [1.82, 2.24) is 15.5 Å². The molecule has 2 heterocycles. The third-order valence-corrected chi connectivity index (χ3v) is 4.87. The van der Waals surface area contributed by atoms with Crippen molar-refractivity contribution in [2.75, 3.05) is 29.9 Å². The number of hydrogen-bond donors (Lipinski definition) is 2. The summed E-state index contributed by atoms with van der Waals surface area (Å²) in [6.07, 6.45) is -1.90. The summed E-state index contributed by atoms with van der Waals surface area (Å²) in [5.74, 6) is 1.32. The summed E-state index contributed by atoms with van der Waals surface area (Å²) in [5, 5.41) is 14.2. The zero-order valence-corrected chi connectivity index (χ0v) is 16.2. The molecule has 1 amide bonds. The minimum Gasteiger partial charge on any atom is -0.356 e. The SMILES string of the molecule is CCCNC(=O)C1CCN(c2ccc(Nc3ccc(C(F)(F)F)cc3)nn2)CC1. The lowest BCUT2D eigenvalue weighted by Crippen LogP contribution is -2.41. The summed E-state index contributed by atoms with van der Waals surface area (Å²) < 4.78 is 37.9. The van der Waals surface area contributed by atoms with Crippen molar-refractivity contribution >= 4 is 23.2 Å². The first-order chi connectivity index (χ1) is 13.9. The van der Waals surface area contributed by atoms with Gasteiger partial charge in [-0.05, 0) is 55.7 Å². The minimum atomic E-state index is -4.36. The maximum Gasteiger partial charge on any atom is 0.416 e. The molecule has 29 heavy (non-hydrogen) atoms. The number of anilines is 3. The smallest absolute Gasteiger partial charge is 0.356 e. The van der Waals surface area contributed by atoms with Crippen LogP contribution in [-0.4, -0.2) is 35.7 Å². The zero-order valence-electron chi connectivity index (χ0n) is 16.2. The number of hydrogen-bond acceptors (Lipinski definition) is 5. The molecular formula is C20H24F3N5O. The van der Waals surface area contributed by atoms with E-state index in [1.807, 2.05) is 13.0 Å². The third-order valence-electron chi connectivity index (χ3n) is 4.87. The van der Waals surface area contributed by atoms with E-state index >= 15 is 0 Å². The molecule has 3 rings (SSSR count). The molecule has 0 saturated carbocycles. The van der Waals surface area contributed by atoms with Gasteiger partial charge in [0.2, 0.25) is 5.91 Å². The molecule has 1 fully saturated rings. The first-order valence-corrected chi connectivity index (χ1v) is 9.67. The fourth-order valence-corrected chi connectivity index (χ4v) is 3.21. The van der Waals surface area contributed by atoms with Crippen molar-refractivity contribution in [3.63, 3.8) is 0 Å². The number of piperidine rings is 1. The first-order valence-electron chi connectivity index (χ1n) is 9.67. The Kier molecular flexibility index (Phi) is 6.56. The van der Waals surface area contributed by atoms with Gasteiger partial charge in [0.25, 0.3) is 0 Å². The van der Waals surface area contributed by atoms with E-state index in [4.69, 9.17) is 0 Å². The number of nitrogens with zero attached hydrogens (tertiary/aromatic N) is 3. The number of nitrogens with one attached hydrogen (secondary N) is 2. The quantitative estimate of drug-likeness (QED) is 0.758. The van der Waals surface area contributed by atoms with Gasteiger partial charge >= 0.3 is 6.18 Å². The van der Waals surface area contributed by atoms with Crippen molar-refractivity contribution in [1.29, 1.82) is 0 Å². The van der Waals surface area contributed by atoms with Gasteiger partial charge in [-0.1, -0.05) is 6.92 Å². The summed E-state index contributed by atoms with van der Waals surface area (Å²) in [6, 6.07) is 8.30. The fourth-order valence-electron chi connectivity index (χ4n) is 3.21. The van der Waals surface area contributed by atoms with Gasteiger partial charge < -0.3 is 15.5 Å². The Bertz CT molecular complexity index is 800.